The standard InChI is InChI=1S/C23H25FN6O4/c24-15-9-26-16-1-2-19(31)30-13-23(32,20(15)21(16)30)12-29-5-3-14(4-6-29)25-11-18-27-10-17-22(28-18)34-8-7-33-17/h1-2,9-10,14,25,32H,3-8,11-13H2/t23-/m0/s1. The average molecular weight is 468 g/mol. The van der Waals surface area contributed by atoms with E-state index in [1.54, 1.807) is 12.3 Å². The van der Waals surface area contributed by atoms with Crippen molar-refractivity contribution < 1.29 is 19.0 Å². The first-order valence-corrected chi connectivity index (χ1v) is 11.5. The molecular weight excluding hydrogens is 443 g/mol. The second-order valence-corrected chi connectivity index (χ2v) is 9.09. The van der Waals surface area contributed by atoms with E-state index < -0.39 is 11.4 Å². The molecule has 10 nitrogen and oxygen atoms in total. The molecule has 0 bridgehead atoms. The highest BCUT2D eigenvalue weighted by molar-refractivity contribution is 5.81. The second-order valence-electron chi connectivity index (χ2n) is 9.09. The number of pyridine rings is 2. The van der Waals surface area contributed by atoms with Crippen LogP contribution in [0.25, 0.3) is 11.0 Å². The van der Waals surface area contributed by atoms with Gasteiger partial charge in [-0.2, -0.15) is 4.98 Å². The summed E-state index contributed by atoms with van der Waals surface area (Å²) in [5.41, 5.74) is -0.660. The number of aromatic nitrogens is 4. The Labute approximate surface area is 194 Å². The number of likely N-dealkylation sites (tertiary alicyclic amines) is 1. The van der Waals surface area contributed by atoms with Crippen molar-refractivity contribution in [1.29, 1.82) is 0 Å². The monoisotopic (exact) mass is 468 g/mol. The van der Waals surface area contributed by atoms with Crippen LogP contribution in [0.3, 0.4) is 0 Å². The minimum absolute atomic E-state index is 0.0285. The second kappa shape index (κ2) is 8.26. The molecule has 34 heavy (non-hydrogen) atoms. The van der Waals surface area contributed by atoms with Crippen LogP contribution >= 0.6 is 0 Å². The molecule has 178 valence electrons. The molecule has 0 amide bonds. The predicted molar refractivity (Wildman–Crippen MR) is 119 cm³/mol. The van der Waals surface area contributed by atoms with Crippen molar-refractivity contribution in [1.82, 2.24) is 29.7 Å². The topological polar surface area (TPSA) is 115 Å². The molecule has 3 aromatic rings. The minimum atomic E-state index is -1.47. The Kier molecular flexibility index (Phi) is 5.19. The highest BCUT2D eigenvalue weighted by Gasteiger charge is 2.43. The van der Waals surface area contributed by atoms with Crippen molar-refractivity contribution in [2.24, 2.45) is 0 Å². The van der Waals surface area contributed by atoms with E-state index in [1.807, 2.05) is 0 Å². The average Bonchev–Trinajstić information content (AvgIpc) is 3.17. The Hall–Kier alpha value is -3.15. The van der Waals surface area contributed by atoms with E-state index in [1.165, 1.54) is 10.6 Å². The number of aliphatic hydroxyl groups is 1. The van der Waals surface area contributed by atoms with Gasteiger partial charge in [-0.25, -0.2) is 9.37 Å². The molecule has 0 spiro atoms. The lowest BCUT2D eigenvalue weighted by molar-refractivity contribution is -0.0159. The van der Waals surface area contributed by atoms with E-state index >= 15 is 0 Å². The SMILES string of the molecule is O=c1ccc2ncc(F)c3c2n1C[C@@]3(O)CN1CCC(NCc2ncc3c(n2)OCCO3)CC1. The first-order valence-electron chi connectivity index (χ1n) is 11.5. The zero-order valence-corrected chi connectivity index (χ0v) is 18.5. The molecule has 0 saturated carbocycles. The third-order valence-corrected chi connectivity index (χ3v) is 6.81. The van der Waals surface area contributed by atoms with Gasteiger partial charge in [0.15, 0.2) is 5.75 Å². The molecule has 0 radical (unpaired) electrons. The molecule has 2 N–H and O–H groups in total. The zero-order chi connectivity index (χ0) is 23.3. The summed E-state index contributed by atoms with van der Waals surface area (Å²) in [4.78, 5) is 27.3. The van der Waals surface area contributed by atoms with Crippen LogP contribution in [0.1, 0.15) is 24.2 Å². The number of hydrogen-bond acceptors (Lipinski definition) is 9. The van der Waals surface area contributed by atoms with Crippen LogP contribution in [0.5, 0.6) is 11.6 Å². The first-order chi connectivity index (χ1) is 16.5. The number of fused-ring (bicyclic) bond motifs is 1. The molecule has 11 heteroatoms. The van der Waals surface area contributed by atoms with Gasteiger partial charge >= 0.3 is 0 Å². The van der Waals surface area contributed by atoms with Crippen molar-refractivity contribution in [2.75, 3.05) is 32.8 Å². The van der Waals surface area contributed by atoms with E-state index in [0.717, 1.165) is 32.1 Å². The smallest absolute Gasteiger partial charge is 0.260 e. The Morgan fingerprint density at radius 1 is 1.18 bits per heavy atom. The molecule has 3 aliphatic rings. The van der Waals surface area contributed by atoms with Gasteiger partial charge in [-0.3, -0.25) is 14.7 Å². The fourth-order valence-corrected chi connectivity index (χ4v) is 5.18. The summed E-state index contributed by atoms with van der Waals surface area (Å²) in [6, 6.07) is 3.26. The molecule has 0 unspecified atom stereocenters. The van der Waals surface area contributed by atoms with Gasteiger partial charge in [-0.1, -0.05) is 0 Å². The zero-order valence-electron chi connectivity index (χ0n) is 18.5. The Morgan fingerprint density at radius 2 is 2.00 bits per heavy atom. The van der Waals surface area contributed by atoms with Gasteiger partial charge in [0.1, 0.15) is 30.5 Å². The van der Waals surface area contributed by atoms with Gasteiger partial charge in [-0.15, -0.1) is 0 Å². The molecule has 1 saturated heterocycles. The number of β-amino-alcohol motifs (C(OH)–C–C–N with tert-alkyl or cyclic N) is 1. The molecule has 1 atom stereocenters. The quantitative estimate of drug-likeness (QED) is 0.554. The van der Waals surface area contributed by atoms with Crippen LogP contribution in [0, 0.1) is 5.82 Å². The van der Waals surface area contributed by atoms with Gasteiger partial charge in [-0.05, 0) is 32.0 Å². The van der Waals surface area contributed by atoms with Crippen molar-refractivity contribution in [2.45, 2.75) is 37.6 Å². The Morgan fingerprint density at radius 3 is 2.85 bits per heavy atom. The summed E-state index contributed by atoms with van der Waals surface area (Å²) in [6.07, 6.45) is 4.49. The first kappa shape index (κ1) is 21.4. The Bertz CT molecular complexity index is 1310. The fraction of sp³-hybridized carbons (Fsp3) is 0.478. The fourth-order valence-electron chi connectivity index (χ4n) is 5.18. The largest absolute Gasteiger partial charge is 0.483 e. The van der Waals surface area contributed by atoms with Crippen LogP contribution in [-0.2, 0) is 18.7 Å². The number of ether oxygens (including phenoxy) is 2. The van der Waals surface area contributed by atoms with Crippen molar-refractivity contribution in [3.8, 4) is 11.6 Å². The molecule has 3 aromatic heterocycles. The summed E-state index contributed by atoms with van der Waals surface area (Å²) in [6.45, 7) is 3.26. The van der Waals surface area contributed by atoms with E-state index in [0.29, 0.717) is 48.2 Å². The number of nitrogens with one attached hydrogen (secondary N) is 1. The van der Waals surface area contributed by atoms with Gasteiger partial charge in [0.2, 0.25) is 0 Å². The normalized spacial score (nSPS) is 22.4. The maximum Gasteiger partial charge on any atom is 0.260 e. The maximum atomic E-state index is 14.8. The molecule has 3 aliphatic heterocycles. The predicted octanol–water partition coefficient (Wildman–Crippen LogP) is 0.552. The molecule has 0 aromatic carbocycles. The maximum absolute atomic E-state index is 14.8. The number of piperidine rings is 1. The molecule has 6 heterocycles. The van der Waals surface area contributed by atoms with E-state index in [9.17, 15) is 14.3 Å². The van der Waals surface area contributed by atoms with Crippen LogP contribution in [-0.4, -0.2) is 68.4 Å². The van der Waals surface area contributed by atoms with E-state index in [2.05, 4.69) is 25.2 Å². The van der Waals surface area contributed by atoms with Crippen molar-refractivity contribution in [3.63, 3.8) is 0 Å². The molecule has 1 fully saturated rings. The van der Waals surface area contributed by atoms with Crippen LogP contribution in [0.2, 0.25) is 0 Å². The van der Waals surface area contributed by atoms with E-state index in [4.69, 9.17) is 9.47 Å². The summed E-state index contributed by atoms with van der Waals surface area (Å²) < 4.78 is 27.2. The summed E-state index contributed by atoms with van der Waals surface area (Å²) in [5, 5.41) is 15.0. The van der Waals surface area contributed by atoms with Gasteiger partial charge in [0.25, 0.3) is 11.4 Å². The molecular formula is C23H25FN6O4. The Balaban J connectivity index is 1.09. The number of nitrogens with zero attached hydrogens (tertiary/aromatic N) is 5. The van der Waals surface area contributed by atoms with Gasteiger partial charge < -0.3 is 24.5 Å². The summed E-state index contributed by atoms with van der Waals surface area (Å²) in [7, 11) is 0. The van der Waals surface area contributed by atoms with Crippen molar-refractivity contribution >= 4 is 11.0 Å². The number of rotatable bonds is 5. The van der Waals surface area contributed by atoms with Crippen LogP contribution in [0.4, 0.5) is 4.39 Å². The third-order valence-electron chi connectivity index (χ3n) is 6.81. The molecule has 0 aliphatic carbocycles. The third kappa shape index (κ3) is 3.69. The number of hydrogen-bond donors (Lipinski definition) is 2. The summed E-state index contributed by atoms with van der Waals surface area (Å²) >= 11 is 0. The van der Waals surface area contributed by atoms with Crippen molar-refractivity contribution in [3.05, 3.63) is 52.1 Å². The summed E-state index contributed by atoms with van der Waals surface area (Å²) in [5.74, 6) is 1.12. The lowest BCUT2D eigenvalue weighted by Gasteiger charge is -2.37. The highest BCUT2D eigenvalue weighted by Crippen LogP contribution is 2.38. The van der Waals surface area contributed by atoms with Gasteiger partial charge in [0.05, 0.1) is 42.1 Å². The van der Waals surface area contributed by atoms with Gasteiger partial charge in [0, 0.05) is 18.7 Å². The molecule has 6 rings (SSSR count). The van der Waals surface area contributed by atoms with Crippen LogP contribution < -0.4 is 20.3 Å². The lowest BCUT2D eigenvalue weighted by atomic mass is 9.93. The van der Waals surface area contributed by atoms with Crippen LogP contribution in [0.15, 0.2) is 29.3 Å². The lowest BCUT2D eigenvalue weighted by Crippen LogP contribution is -2.48. The van der Waals surface area contributed by atoms with E-state index in [-0.39, 0.29) is 30.3 Å². The minimum Gasteiger partial charge on any atom is -0.483 e. The highest BCUT2D eigenvalue weighted by atomic mass is 19.1. The number of halogens is 1.